The number of pyridine rings is 2. The van der Waals surface area contributed by atoms with E-state index in [1.165, 1.54) is 18.5 Å². The Morgan fingerprint density at radius 1 is 1.29 bits per heavy atom. The third-order valence-electron chi connectivity index (χ3n) is 2.18. The molecule has 0 aliphatic rings. The molecule has 0 unspecified atom stereocenters. The zero-order chi connectivity index (χ0) is 12.4. The molecule has 17 heavy (non-hydrogen) atoms. The summed E-state index contributed by atoms with van der Waals surface area (Å²) in [4.78, 5) is 19.8. The van der Waals surface area contributed by atoms with Gasteiger partial charge in [-0.3, -0.25) is 4.79 Å². The van der Waals surface area contributed by atoms with Crippen LogP contribution in [0.1, 0.15) is 16.1 Å². The fraction of sp³-hybridized carbons (Fsp3) is 0. The van der Waals surface area contributed by atoms with Crippen LogP contribution in [0.4, 0.5) is 11.5 Å². The lowest BCUT2D eigenvalue weighted by atomic mass is 10.1. The van der Waals surface area contributed by atoms with Gasteiger partial charge in [0.1, 0.15) is 11.5 Å². The summed E-state index contributed by atoms with van der Waals surface area (Å²) in [5.41, 5.74) is 11.9. The second kappa shape index (κ2) is 4.39. The SMILES string of the molecule is Nc1cc(Cl)cnc1C(=O)c1cccnc1N. The van der Waals surface area contributed by atoms with Crippen LogP contribution in [0, 0.1) is 0 Å². The molecule has 4 N–H and O–H groups in total. The van der Waals surface area contributed by atoms with Crippen molar-refractivity contribution < 1.29 is 4.79 Å². The summed E-state index contributed by atoms with van der Waals surface area (Å²) in [6, 6.07) is 4.66. The molecule has 2 heterocycles. The molecule has 0 atom stereocenters. The summed E-state index contributed by atoms with van der Waals surface area (Å²) in [7, 11) is 0. The number of carbonyl (C=O) groups is 1. The molecule has 86 valence electrons. The van der Waals surface area contributed by atoms with Gasteiger partial charge in [0.15, 0.2) is 0 Å². The first-order chi connectivity index (χ1) is 8.09. The fourth-order valence-corrected chi connectivity index (χ4v) is 1.55. The molecule has 0 aliphatic carbocycles. The van der Waals surface area contributed by atoms with Crippen LogP contribution in [0.15, 0.2) is 30.6 Å². The van der Waals surface area contributed by atoms with E-state index in [9.17, 15) is 4.79 Å². The first kappa shape index (κ1) is 11.3. The number of carbonyl (C=O) groups excluding carboxylic acids is 1. The zero-order valence-corrected chi connectivity index (χ0v) is 9.48. The maximum atomic E-state index is 12.1. The summed E-state index contributed by atoms with van der Waals surface area (Å²) < 4.78 is 0. The second-order valence-corrected chi connectivity index (χ2v) is 3.79. The van der Waals surface area contributed by atoms with E-state index in [1.54, 1.807) is 12.1 Å². The van der Waals surface area contributed by atoms with E-state index < -0.39 is 0 Å². The monoisotopic (exact) mass is 248 g/mol. The molecule has 6 heteroatoms. The Hall–Kier alpha value is -2.14. The fourth-order valence-electron chi connectivity index (χ4n) is 1.38. The number of aromatic nitrogens is 2. The third kappa shape index (κ3) is 2.19. The molecule has 0 bridgehead atoms. The molecule has 0 aromatic carbocycles. The van der Waals surface area contributed by atoms with Gasteiger partial charge in [-0.2, -0.15) is 0 Å². The minimum absolute atomic E-state index is 0.120. The maximum Gasteiger partial charge on any atom is 0.217 e. The molecule has 0 radical (unpaired) electrons. The number of nitrogen functional groups attached to an aromatic ring is 2. The van der Waals surface area contributed by atoms with Crippen molar-refractivity contribution in [1.29, 1.82) is 0 Å². The van der Waals surface area contributed by atoms with Crippen LogP contribution in [0.5, 0.6) is 0 Å². The number of ketones is 1. The molecule has 2 aromatic heterocycles. The van der Waals surface area contributed by atoms with Crippen molar-refractivity contribution in [2.24, 2.45) is 0 Å². The van der Waals surface area contributed by atoms with E-state index in [4.69, 9.17) is 23.1 Å². The Balaban J connectivity index is 2.48. The quantitative estimate of drug-likeness (QED) is 0.786. The van der Waals surface area contributed by atoms with Crippen LogP contribution in [0.25, 0.3) is 0 Å². The van der Waals surface area contributed by atoms with Crippen LogP contribution in [0.3, 0.4) is 0 Å². The molecular formula is C11H9ClN4O. The highest BCUT2D eigenvalue weighted by atomic mass is 35.5. The average molecular weight is 249 g/mol. The van der Waals surface area contributed by atoms with E-state index in [1.807, 2.05) is 0 Å². The van der Waals surface area contributed by atoms with Gasteiger partial charge in [0.2, 0.25) is 5.78 Å². The molecule has 0 fully saturated rings. The second-order valence-electron chi connectivity index (χ2n) is 3.36. The van der Waals surface area contributed by atoms with Gasteiger partial charge in [0, 0.05) is 12.4 Å². The summed E-state index contributed by atoms with van der Waals surface area (Å²) in [5.74, 6) is -0.224. The standard InChI is InChI=1S/C11H9ClN4O/c12-6-4-8(13)9(16-5-6)10(17)7-2-1-3-15-11(7)14/h1-5H,13H2,(H2,14,15). The number of halogens is 1. The number of hydrogen-bond acceptors (Lipinski definition) is 5. The van der Waals surface area contributed by atoms with Gasteiger partial charge >= 0.3 is 0 Å². The molecule has 0 saturated carbocycles. The Bertz CT molecular complexity index is 585. The highest BCUT2D eigenvalue weighted by Crippen LogP contribution is 2.20. The van der Waals surface area contributed by atoms with Gasteiger partial charge in [-0.05, 0) is 18.2 Å². The minimum atomic E-state index is -0.371. The van der Waals surface area contributed by atoms with E-state index in [0.717, 1.165) is 0 Å². The highest BCUT2D eigenvalue weighted by Gasteiger charge is 2.17. The molecule has 2 aromatic rings. The van der Waals surface area contributed by atoms with Gasteiger partial charge in [0.25, 0.3) is 0 Å². The van der Waals surface area contributed by atoms with Gasteiger partial charge in [-0.1, -0.05) is 11.6 Å². The topological polar surface area (TPSA) is 94.9 Å². The lowest BCUT2D eigenvalue weighted by Crippen LogP contribution is -2.11. The smallest absolute Gasteiger partial charge is 0.217 e. The molecule has 5 nitrogen and oxygen atoms in total. The molecule has 0 amide bonds. The maximum absolute atomic E-state index is 12.1. The van der Waals surface area contributed by atoms with Crippen molar-refractivity contribution in [3.63, 3.8) is 0 Å². The molecule has 0 spiro atoms. The summed E-state index contributed by atoms with van der Waals surface area (Å²) in [6.07, 6.45) is 2.86. The molecule has 2 rings (SSSR count). The van der Waals surface area contributed by atoms with Gasteiger partial charge in [0.05, 0.1) is 16.3 Å². The molecule has 0 saturated heterocycles. The lowest BCUT2D eigenvalue weighted by Gasteiger charge is -2.05. The predicted octanol–water partition coefficient (Wildman–Crippen LogP) is 1.53. The van der Waals surface area contributed by atoms with Crippen molar-refractivity contribution in [2.75, 3.05) is 11.5 Å². The van der Waals surface area contributed by atoms with E-state index in [2.05, 4.69) is 9.97 Å². The van der Waals surface area contributed by atoms with Gasteiger partial charge in [-0.25, -0.2) is 9.97 Å². The lowest BCUT2D eigenvalue weighted by molar-refractivity contribution is 0.103. The third-order valence-corrected chi connectivity index (χ3v) is 2.39. The first-order valence-corrected chi connectivity index (χ1v) is 5.13. The predicted molar refractivity (Wildman–Crippen MR) is 65.7 cm³/mol. The number of hydrogen-bond donors (Lipinski definition) is 2. The summed E-state index contributed by atoms with van der Waals surface area (Å²) in [6.45, 7) is 0. The molecule has 0 aliphatic heterocycles. The van der Waals surface area contributed by atoms with Crippen molar-refractivity contribution in [1.82, 2.24) is 9.97 Å². The van der Waals surface area contributed by atoms with Gasteiger partial charge in [-0.15, -0.1) is 0 Å². The Kier molecular flexibility index (Phi) is 2.93. The zero-order valence-electron chi connectivity index (χ0n) is 8.72. The summed E-state index contributed by atoms with van der Waals surface area (Å²) >= 11 is 5.71. The number of rotatable bonds is 2. The average Bonchev–Trinajstić information content (AvgIpc) is 2.29. The van der Waals surface area contributed by atoms with E-state index in [-0.39, 0.29) is 28.5 Å². The Morgan fingerprint density at radius 2 is 2.06 bits per heavy atom. The van der Waals surface area contributed by atoms with Crippen LogP contribution < -0.4 is 11.5 Å². The minimum Gasteiger partial charge on any atom is -0.397 e. The Morgan fingerprint density at radius 3 is 2.71 bits per heavy atom. The van der Waals surface area contributed by atoms with Crippen molar-refractivity contribution in [2.45, 2.75) is 0 Å². The number of anilines is 2. The van der Waals surface area contributed by atoms with E-state index >= 15 is 0 Å². The van der Waals surface area contributed by atoms with Crippen LogP contribution >= 0.6 is 11.6 Å². The van der Waals surface area contributed by atoms with Crippen LogP contribution in [-0.4, -0.2) is 15.8 Å². The van der Waals surface area contributed by atoms with Gasteiger partial charge < -0.3 is 11.5 Å². The normalized spacial score (nSPS) is 10.2. The van der Waals surface area contributed by atoms with Crippen molar-refractivity contribution in [3.05, 3.63) is 46.9 Å². The van der Waals surface area contributed by atoms with Crippen molar-refractivity contribution in [3.8, 4) is 0 Å². The van der Waals surface area contributed by atoms with Crippen LogP contribution in [0.2, 0.25) is 5.02 Å². The highest BCUT2D eigenvalue weighted by molar-refractivity contribution is 6.31. The molecular weight excluding hydrogens is 240 g/mol. The Labute approximate surface area is 102 Å². The summed E-state index contributed by atoms with van der Waals surface area (Å²) in [5, 5.41) is 0.373. The first-order valence-electron chi connectivity index (χ1n) is 4.76. The van der Waals surface area contributed by atoms with Crippen molar-refractivity contribution >= 4 is 28.9 Å². The van der Waals surface area contributed by atoms with Crippen LogP contribution in [-0.2, 0) is 0 Å². The number of nitrogens with zero attached hydrogens (tertiary/aromatic N) is 2. The largest absolute Gasteiger partial charge is 0.397 e. The van der Waals surface area contributed by atoms with E-state index in [0.29, 0.717) is 5.02 Å². The number of nitrogens with two attached hydrogens (primary N) is 2.